The lowest BCUT2D eigenvalue weighted by Crippen LogP contribution is -2.34. The smallest absolute Gasteiger partial charge is 0.322 e. The molecule has 1 N–H and O–H groups in total. The fourth-order valence-electron chi connectivity index (χ4n) is 3.62. The van der Waals surface area contributed by atoms with Gasteiger partial charge in [-0.1, -0.05) is 30.3 Å². The van der Waals surface area contributed by atoms with Gasteiger partial charge in [-0.25, -0.2) is 9.78 Å². The number of hydrogen-bond acceptors (Lipinski definition) is 4. The fourth-order valence-corrected chi connectivity index (χ4v) is 4.16. The van der Waals surface area contributed by atoms with E-state index in [1.807, 2.05) is 46.7 Å². The minimum Gasteiger partial charge on any atom is -0.487 e. The summed E-state index contributed by atoms with van der Waals surface area (Å²) in [5.74, 6) is 0.711. The molecule has 0 radical (unpaired) electrons. The highest BCUT2D eigenvalue weighted by atomic mass is 32.1. The normalized spacial score (nSPS) is 16.2. The van der Waals surface area contributed by atoms with Crippen molar-refractivity contribution in [2.75, 3.05) is 11.9 Å². The molecule has 4 rings (SSSR count). The van der Waals surface area contributed by atoms with E-state index in [-0.39, 0.29) is 12.1 Å². The first-order valence-corrected chi connectivity index (χ1v) is 10.4. The van der Waals surface area contributed by atoms with E-state index in [0.29, 0.717) is 12.4 Å². The van der Waals surface area contributed by atoms with Crippen LogP contribution in [0.15, 0.2) is 59.4 Å². The second-order valence-electron chi connectivity index (χ2n) is 6.93. The predicted octanol–water partition coefficient (Wildman–Crippen LogP) is 5.40. The number of likely N-dealkylation sites (tertiary alicyclic amines) is 1. The minimum atomic E-state index is -0.0672. The van der Waals surface area contributed by atoms with Gasteiger partial charge in [0, 0.05) is 23.7 Å². The fraction of sp³-hybridized carbons (Fsp3) is 0.273. The summed E-state index contributed by atoms with van der Waals surface area (Å²) < 4.78 is 5.78. The average Bonchev–Trinajstić information content (AvgIpc) is 3.39. The zero-order valence-electron chi connectivity index (χ0n) is 15.8. The highest BCUT2D eigenvalue weighted by molar-refractivity contribution is 7.07. The number of aromatic nitrogens is 1. The van der Waals surface area contributed by atoms with Crippen molar-refractivity contribution in [2.45, 2.75) is 32.4 Å². The summed E-state index contributed by atoms with van der Waals surface area (Å²) in [6.45, 7) is 3.29. The molecular weight excluding hydrogens is 370 g/mol. The van der Waals surface area contributed by atoms with Crippen LogP contribution in [0.5, 0.6) is 5.75 Å². The van der Waals surface area contributed by atoms with E-state index in [9.17, 15) is 4.79 Å². The molecule has 2 aromatic carbocycles. The van der Waals surface area contributed by atoms with Gasteiger partial charge in [0.2, 0.25) is 0 Å². The van der Waals surface area contributed by atoms with Crippen molar-refractivity contribution in [2.24, 2.45) is 0 Å². The number of amides is 2. The molecule has 1 unspecified atom stereocenters. The monoisotopic (exact) mass is 393 g/mol. The number of rotatable bonds is 5. The molecule has 1 fully saturated rings. The lowest BCUT2D eigenvalue weighted by Gasteiger charge is -2.26. The number of anilines is 1. The Morgan fingerprint density at radius 1 is 1.29 bits per heavy atom. The SMILES string of the molecule is Cc1ccccc1C1CCCN1C(=O)Nc1cccc(OCc2cscn2)c1. The topological polar surface area (TPSA) is 54.5 Å². The Morgan fingerprint density at radius 2 is 2.18 bits per heavy atom. The molecule has 1 aromatic heterocycles. The highest BCUT2D eigenvalue weighted by Gasteiger charge is 2.30. The van der Waals surface area contributed by atoms with Crippen LogP contribution in [-0.4, -0.2) is 22.5 Å². The van der Waals surface area contributed by atoms with Crippen LogP contribution in [0.1, 0.15) is 35.7 Å². The van der Waals surface area contributed by atoms with Crippen molar-refractivity contribution >= 4 is 23.1 Å². The average molecular weight is 394 g/mol. The van der Waals surface area contributed by atoms with Crippen LogP contribution in [0.2, 0.25) is 0 Å². The maximum absolute atomic E-state index is 12.9. The maximum Gasteiger partial charge on any atom is 0.322 e. The van der Waals surface area contributed by atoms with Crippen LogP contribution in [-0.2, 0) is 6.61 Å². The lowest BCUT2D eigenvalue weighted by atomic mass is 9.99. The van der Waals surface area contributed by atoms with Gasteiger partial charge in [-0.3, -0.25) is 0 Å². The Kier molecular flexibility index (Phi) is 5.58. The van der Waals surface area contributed by atoms with Crippen LogP contribution in [0, 0.1) is 6.92 Å². The third-order valence-corrected chi connectivity index (χ3v) is 5.65. The Balaban J connectivity index is 1.43. The summed E-state index contributed by atoms with van der Waals surface area (Å²) in [5, 5.41) is 4.99. The van der Waals surface area contributed by atoms with Gasteiger partial charge >= 0.3 is 6.03 Å². The van der Waals surface area contributed by atoms with Gasteiger partial charge in [0.1, 0.15) is 12.4 Å². The molecule has 1 aliphatic heterocycles. The summed E-state index contributed by atoms with van der Waals surface area (Å²) in [6, 6.07) is 15.9. The summed E-state index contributed by atoms with van der Waals surface area (Å²) >= 11 is 1.55. The maximum atomic E-state index is 12.9. The molecule has 6 heteroatoms. The van der Waals surface area contributed by atoms with Crippen LogP contribution in [0.3, 0.4) is 0 Å². The lowest BCUT2D eigenvalue weighted by molar-refractivity contribution is 0.207. The molecule has 144 valence electrons. The predicted molar refractivity (Wildman–Crippen MR) is 112 cm³/mol. The Bertz CT molecular complexity index is 942. The number of carbonyl (C=O) groups excluding carboxylic acids is 1. The van der Waals surface area contributed by atoms with Gasteiger partial charge < -0.3 is 15.0 Å². The molecule has 0 aliphatic carbocycles. The standard InChI is InChI=1S/C22H23N3O2S/c1-16-6-2-3-9-20(16)21-10-5-11-25(21)22(26)24-17-7-4-8-19(12-17)27-13-18-14-28-15-23-18/h2-4,6-9,12,14-15,21H,5,10-11,13H2,1H3,(H,24,26). The van der Waals surface area contributed by atoms with Crippen molar-refractivity contribution in [3.05, 3.63) is 76.2 Å². The van der Waals surface area contributed by atoms with Crippen molar-refractivity contribution in [1.29, 1.82) is 0 Å². The van der Waals surface area contributed by atoms with Gasteiger partial charge in [-0.15, -0.1) is 11.3 Å². The van der Waals surface area contributed by atoms with Crippen LogP contribution in [0.4, 0.5) is 10.5 Å². The molecule has 1 aliphatic rings. The first kappa shape index (κ1) is 18.5. The number of nitrogens with one attached hydrogen (secondary N) is 1. The number of thiazole rings is 1. The Morgan fingerprint density at radius 3 is 3.00 bits per heavy atom. The second kappa shape index (κ2) is 8.44. The molecule has 5 nitrogen and oxygen atoms in total. The molecule has 0 bridgehead atoms. The van der Waals surface area contributed by atoms with Gasteiger partial charge in [-0.2, -0.15) is 0 Å². The Hall–Kier alpha value is -2.86. The summed E-state index contributed by atoms with van der Waals surface area (Å²) in [7, 11) is 0. The summed E-state index contributed by atoms with van der Waals surface area (Å²) in [5.41, 5.74) is 5.88. The van der Waals surface area contributed by atoms with E-state index in [2.05, 4.69) is 29.4 Å². The molecule has 28 heavy (non-hydrogen) atoms. The van der Waals surface area contributed by atoms with Crippen molar-refractivity contribution in [1.82, 2.24) is 9.88 Å². The van der Waals surface area contributed by atoms with Crippen molar-refractivity contribution in [3.8, 4) is 5.75 Å². The van der Waals surface area contributed by atoms with E-state index in [1.165, 1.54) is 11.1 Å². The van der Waals surface area contributed by atoms with E-state index in [0.717, 1.165) is 30.8 Å². The highest BCUT2D eigenvalue weighted by Crippen LogP contribution is 2.34. The molecule has 1 saturated heterocycles. The van der Waals surface area contributed by atoms with E-state index in [1.54, 1.807) is 16.8 Å². The zero-order valence-corrected chi connectivity index (χ0v) is 16.6. The van der Waals surface area contributed by atoms with E-state index in [4.69, 9.17) is 4.74 Å². The minimum absolute atomic E-state index is 0.0672. The number of urea groups is 1. The number of hydrogen-bond donors (Lipinski definition) is 1. The number of carbonyl (C=O) groups is 1. The number of benzene rings is 2. The third-order valence-electron chi connectivity index (χ3n) is 5.02. The first-order valence-electron chi connectivity index (χ1n) is 9.44. The molecule has 2 heterocycles. The molecule has 1 atom stereocenters. The van der Waals surface area contributed by atoms with Crippen LogP contribution in [0.25, 0.3) is 0 Å². The van der Waals surface area contributed by atoms with Gasteiger partial charge in [0.25, 0.3) is 0 Å². The molecule has 3 aromatic rings. The van der Waals surface area contributed by atoms with Gasteiger partial charge in [0.15, 0.2) is 0 Å². The third kappa shape index (κ3) is 4.17. The van der Waals surface area contributed by atoms with Crippen molar-refractivity contribution in [3.63, 3.8) is 0 Å². The first-order chi connectivity index (χ1) is 13.7. The number of ether oxygens (including phenoxy) is 1. The zero-order chi connectivity index (χ0) is 19.3. The largest absolute Gasteiger partial charge is 0.487 e. The summed E-state index contributed by atoms with van der Waals surface area (Å²) in [4.78, 5) is 19.1. The molecular formula is C22H23N3O2S. The van der Waals surface area contributed by atoms with Gasteiger partial charge in [0.05, 0.1) is 17.2 Å². The van der Waals surface area contributed by atoms with Crippen molar-refractivity contribution < 1.29 is 9.53 Å². The Labute approximate surface area is 169 Å². The van der Waals surface area contributed by atoms with Gasteiger partial charge in [-0.05, 0) is 43.0 Å². The molecule has 2 amide bonds. The quantitative estimate of drug-likeness (QED) is 0.631. The molecule has 0 spiro atoms. The van der Waals surface area contributed by atoms with Crippen LogP contribution >= 0.6 is 11.3 Å². The van der Waals surface area contributed by atoms with Crippen LogP contribution < -0.4 is 10.1 Å². The number of aryl methyl sites for hydroxylation is 1. The molecule has 0 saturated carbocycles. The number of nitrogens with zero attached hydrogens (tertiary/aromatic N) is 2. The van der Waals surface area contributed by atoms with E-state index >= 15 is 0 Å². The summed E-state index contributed by atoms with van der Waals surface area (Å²) in [6.07, 6.45) is 2.01. The van der Waals surface area contributed by atoms with E-state index < -0.39 is 0 Å². The second-order valence-corrected chi connectivity index (χ2v) is 7.65.